The van der Waals surface area contributed by atoms with Gasteiger partial charge in [0.05, 0.1) is 11.8 Å². The van der Waals surface area contributed by atoms with E-state index >= 15 is 0 Å². The molecule has 100 valence electrons. The molecule has 1 aromatic rings. The number of benzene rings is 1. The lowest BCUT2D eigenvalue weighted by Crippen LogP contribution is -2.39. The second-order valence-electron chi connectivity index (χ2n) is 4.76. The third kappa shape index (κ3) is 3.00. The van der Waals surface area contributed by atoms with Crippen LogP contribution in [0.5, 0.6) is 0 Å². The molecule has 2 rings (SSSR count). The van der Waals surface area contributed by atoms with Crippen molar-refractivity contribution in [1.82, 2.24) is 5.32 Å². The Balaban J connectivity index is 2.12. The Labute approximate surface area is 108 Å². The molecule has 1 unspecified atom stereocenters. The Morgan fingerprint density at radius 1 is 1.50 bits per heavy atom. The summed E-state index contributed by atoms with van der Waals surface area (Å²) in [4.78, 5) is 2.08. The number of anilines is 1. The molecule has 0 radical (unpaired) electrons. The maximum Gasteiger partial charge on any atom is 0.146 e. The van der Waals surface area contributed by atoms with Gasteiger partial charge in [0.25, 0.3) is 0 Å². The summed E-state index contributed by atoms with van der Waals surface area (Å²) in [6.45, 7) is 2.37. The molecule has 18 heavy (non-hydrogen) atoms. The Kier molecular flexibility index (Phi) is 4.55. The van der Waals surface area contributed by atoms with Gasteiger partial charge in [-0.25, -0.2) is 4.39 Å². The minimum atomic E-state index is -0.139. The number of rotatable bonds is 4. The molecule has 1 atom stereocenters. The highest BCUT2D eigenvalue weighted by Gasteiger charge is 2.21. The van der Waals surface area contributed by atoms with E-state index in [2.05, 4.69) is 10.2 Å². The summed E-state index contributed by atoms with van der Waals surface area (Å²) in [7, 11) is 3.58. The van der Waals surface area contributed by atoms with Crippen LogP contribution in [0.1, 0.15) is 18.4 Å². The van der Waals surface area contributed by atoms with Crippen LogP contribution in [0.25, 0.3) is 0 Å². The summed E-state index contributed by atoms with van der Waals surface area (Å²) < 4.78 is 19.4. The van der Waals surface area contributed by atoms with E-state index in [1.165, 1.54) is 0 Å². The van der Waals surface area contributed by atoms with Crippen LogP contribution in [0.3, 0.4) is 0 Å². The molecule has 1 aliphatic rings. The Bertz CT molecular complexity index is 397. The number of ether oxygens (including phenoxy) is 1. The average Bonchev–Trinajstić information content (AvgIpc) is 2.39. The van der Waals surface area contributed by atoms with Crippen molar-refractivity contribution < 1.29 is 9.13 Å². The highest BCUT2D eigenvalue weighted by Crippen LogP contribution is 2.24. The lowest BCUT2D eigenvalue weighted by molar-refractivity contribution is 0.0892. The lowest BCUT2D eigenvalue weighted by atomic mass is 10.1. The summed E-state index contributed by atoms with van der Waals surface area (Å²) in [5.74, 6) is -0.139. The van der Waals surface area contributed by atoms with Gasteiger partial charge in [-0.05, 0) is 37.6 Å². The fourth-order valence-electron chi connectivity index (χ4n) is 2.47. The second kappa shape index (κ2) is 6.16. The van der Waals surface area contributed by atoms with Crippen LogP contribution in [-0.4, -0.2) is 33.4 Å². The van der Waals surface area contributed by atoms with Gasteiger partial charge in [0, 0.05) is 26.7 Å². The minimum absolute atomic E-state index is 0.139. The number of halogens is 1. The van der Waals surface area contributed by atoms with Gasteiger partial charge < -0.3 is 15.0 Å². The van der Waals surface area contributed by atoms with Crippen molar-refractivity contribution in [2.75, 3.05) is 32.1 Å². The van der Waals surface area contributed by atoms with Crippen molar-refractivity contribution in [1.29, 1.82) is 0 Å². The lowest BCUT2D eigenvalue weighted by Gasteiger charge is -2.33. The van der Waals surface area contributed by atoms with Crippen molar-refractivity contribution in [3.05, 3.63) is 29.6 Å². The van der Waals surface area contributed by atoms with Crippen LogP contribution in [0.2, 0.25) is 0 Å². The van der Waals surface area contributed by atoms with Crippen LogP contribution >= 0.6 is 0 Å². The fourth-order valence-corrected chi connectivity index (χ4v) is 2.47. The van der Waals surface area contributed by atoms with E-state index in [0.29, 0.717) is 12.2 Å². The van der Waals surface area contributed by atoms with Crippen LogP contribution in [0.15, 0.2) is 18.2 Å². The first kappa shape index (κ1) is 13.3. The predicted octanol–water partition coefficient (Wildman–Crippen LogP) is 2.16. The van der Waals surface area contributed by atoms with Crippen molar-refractivity contribution in [3.63, 3.8) is 0 Å². The Hall–Kier alpha value is -1.13. The van der Waals surface area contributed by atoms with E-state index in [1.807, 2.05) is 19.2 Å². The molecule has 1 aromatic carbocycles. The molecule has 0 aromatic heterocycles. The van der Waals surface area contributed by atoms with Gasteiger partial charge in [0.15, 0.2) is 0 Å². The molecule has 0 spiro atoms. The smallest absolute Gasteiger partial charge is 0.146 e. The molecule has 0 aliphatic carbocycles. The molecule has 1 fully saturated rings. The third-order valence-corrected chi connectivity index (χ3v) is 3.45. The molecular weight excluding hydrogens is 231 g/mol. The van der Waals surface area contributed by atoms with E-state index in [4.69, 9.17) is 4.74 Å². The third-order valence-electron chi connectivity index (χ3n) is 3.45. The molecule has 0 saturated carbocycles. The summed E-state index contributed by atoms with van der Waals surface area (Å²) in [6, 6.07) is 5.47. The van der Waals surface area contributed by atoms with Crippen LogP contribution < -0.4 is 10.2 Å². The second-order valence-corrected chi connectivity index (χ2v) is 4.76. The van der Waals surface area contributed by atoms with Crippen LogP contribution in [0.4, 0.5) is 10.1 Å². The van der Waals surface area contributed by atoms with Gasteiger partial charge in [-0.3, -0.25) is 0 Å². The molecule has 0 amide bonds. The first-order valence-corrected chi connectivity index (χ1v) is 6.45. The van der Waals surface area contributed by atoms with E-state index in [9.17, 15) is 4.39 Å². The summed E-state index contributed by atoms with van der Waals surface area (Å²) >= 11 is 0. The number of nitrogens with one attached hydrogen (secondary N) is 1. The van der Waals surface area contributed by atoms with Gasteiger partial charge in [-0.15, -0.1) is 0 Å². The van der Waals surface area contributed by atoms with Crippen molar-refractivity contribution >= 4 is 5.69 Å². The van der Waals surface area contributed by atoms with Gasteiger partial charge >= 0.3 is 0 Å². The zero-order valence-corrected chi connectivity index (χ0v) is 11.1. The topological polar surface area (TPSA) is 24.5 Å². The van der Waals surface area contributed by atoms with Crippen molar-refractivity contribution in [2.45, 2.75) is 25.5 Å². The van der Waals surface area contributed by atoms with Crippen molar-refractivity contribution in [3.8, 4) is 0 Å². The Morgan fingerprint density at radius 3 is 3.00 bits per heavy atom. The van der Waals surface area contributed by atoms with Gasteiger partial charge in [0.1, 0.15) is 5.82 Å². The van der Waals surface area contributed by atoms with E-state index in [-0.39, 0.29) is 11.9 Å². The molecule has 1 N–H and O–H groups in total. The maximum atomic E-state index is 14.1. The number of methoxy groups -OCH3 is 1. The molecule has 3 nitrogen and oxygen atoms in total. The van der Waals surface area contributed by atoms with Gasteiger partial charge in [-0.1, -0.05) is 6.07 Å². The van der Waals surface area contributed by atoms with E-state index in [0.717, 1.165) is 31.5 Å². The first-order chi connectivity index (χ1) is 8.74. The van der Waals surface area contributed by atoms with E-state index < -0.39 is 0 Å². The standard InChI is InChI=1S/C14H21FN2O/c1-16-9-11-5-6-14(13(15)8-11)17-7-3-4-12(10-17)18-2/h5-6,8,12,16H,3-4,7,9-10H2,1-2H3. The summed E-state index contributed by atoms with van der Waals surface area (Å²) in [5.41, 5.74) is 1.66. The molecule has 0 bridgehead atoms. The SMILES string of the molecule is CNCc1ccc(N2CCCC(OC)C2)c(F)c1. The highest BCUT2D eigenvalue weighted by molar-refractivity contribution is 5.49. The minimum Gasteiger partial charge on any atom is -0.380 e. The number of hydrogen-bond donors (Lipinski definition) is 1. The van der Waals surface area contributed by atoms with Crippen LogP contribution in [0, 0.1) is 5.82 Å². The summed E-state index contributed by atoms with van der Waals surface area (Å²) in [5, 5.41) is 3.03. The maximum absolute atomic E-state index is 14.1. The molecule has 1 saturated heterocycles. The van der Waals surface area contributed by atoms with E-state index in [1.54, 1.807) is 13.2 Å². The molecule has 1 aliphatic heterocycles. The quantitative estimate of drug-likeness (QED) is 0.888. The van der Waals surface area contributed by atoms with Crippen LogP contribution in [-0.2, 0) is 11.3 Å². The normalized spacial score (nSPS) is 20.2. The Morgan fingerprint density at radius 2 is 2.33 bits per heavy atom. The molecule has 4 heteroatoms. The monoisotopic (exact) mass is 252 g/mol. The molecule has 1 heterocycles. The highest BCUT2D eigenvalue weighted by atomic mass is 19.1. The fraction of sp³-hybridized carbons (Fsp3) is 0.571. The average molecular weight is 252 g/mol. The molecular formula is C14H21FN2O. The van der Waals surface area contributed by atoms with Gasteiger partial charge in [-0.2, -0.15) is 0 Å². The zero-order chi connectivity index (χ0) is 13.0. The van der Waals surface area contributed by atoms with Crippen molar-refractivity contribution in [2.24, 2.45) is 0 Å². The first-order valence-electron chi connectivity index (χ1n) is 6.45. The largest absolute Gasteiger partial charge is 0.380 e. The number of hydrogen-bond acceptors (Lipinski definition) is 3. The van der Waals surface area contributed by atoms with Gasteiger partial charge in [0.2, 0.25) is 0 Å². The predicted molar refractivity (Wildman–Crippen MR) is 71.4 cm³/mol. The zero-order valence-electron chi connectivity index (χ0n) is 11.1. The number of nitrogens with zero attached hydrogens (tertiary/aromatic N) is 1. The number of piperidine rings is 1. The summed E-state index contributed by atoms with van der Waals surface area (Å²) in [6.07, 6.45) is 2.33.